The summed E-state index contributed by atoms with van der Waals surface area (Å²) < 4.78 is 0. The lowest BCUT2D eigenvalue weighted by molar-refractivity contribution is 1.19. The summed E-state index contributed by atoms with van der Waals surface area (Å²) in [6, 6.07) is 11.0. The fraction of sp³-hybridized carbons (Fsp3) is 0.0769. The molecular weight excluding hydrogens is 298 g/mol. The van der Waals surface area contributed by atoms with Crippen LogP contribution in [0, 0.1) is 0 Å². The second kappa shape index (κ2) is 5.49. The summed E-state index contributed by atoms with van der Waals surface area (Å²) in [5.74, 6) is 0. The Labute approximate surface area is 120 Å². The molecule has 0 nitrogen and oxygen atoms in total. The Hall–Kier alpha value is -0.400. The number of rotatable bonds is 2. The molecule has 2 aromatic carbocycles. The van der Waals surface area contributed by atoms with Gasteiger partial charge in [-0.05, 0) is 29.3 Å². The lowest BCUT2D eigenvalue weighted by Crippen LogP contribution is -1.91. The predicted molar refractivity (Wildman–Crippen MR) is 75.7 cm³/mol. The van der Waals surface area contributed by atoms with Gasteiger partial charge in [0.05, 0.1) is 10.0 Å². The topological polar surface area (TPSA) is 0 Å². The molecule has 0 unspecified atom stereocenters. The Balaban J connectivity index is 2.35. The van der Waals surface area contributed by atoms with E-state index in [-0.39, 0.29) is 0 Å². The van der Waals surface area contributed by atoms with Crippen molar-refractivity contribution in [1.29, 1.82) is 0 Å². The molecule has 0 N–H and O–H groups in total. The molecule has 0 saturated heterocycles. The van der Waals surface area contributed by atoms with Crippen LogP contribution >= 0.6 is 46.4 Å². The maximum Gasteiger partial charge on any atom is 0.0627 e. The molecule has 0 aliphatic carbocycles. The quantitative estimate of drug-likeness (QED) is 0.649. The molecule has 0 aliphatic rings. The summed E-state index contributed by atoms with van der Waals surface area (Å²) in [6.07, 6.45) is 0.634. The monoisotopic (exact) mass is 304 g/mol. The number of hydrogen-bond donors (Lipinski definition) is 0. The van der Waals surface area contributed by atoms with Gasteiger partial charge in [-0.15, -0.1) is 0 Å². The second-order valence-electron chi connectivity index (χ2n) is 3.63. The fourth-order valence-corrected chi connectivity index (χ4v) is 2.42. The predicted octanol–water partition coefficient (Wildman–Crippen LogP) is 5.89. The number of benzene rings is 2. The highest BCUT2D eigenvalue weighted by Crippen LogP contribution is 2.30. The molecule has 0 fully saturated rings. The fourth-order valence-electron chi connectivity index (χ4n) is 1.56. The van der Waals surface area contributed by atoms with Crippen molar-refractivity contribution in [2.45, 2.75) is 6.42 Å². The highest BCUT2D eigenvalue weighted by Gasteiger charge is 2.07. The molecule has 0 radical (unpaired) electrons. The molecule has 0 saturated carbocycles. The minimum absolute atomic E-state index is 0.550. The molecule has 17 heavy (non-hydrogen) atoms. The van der Waals surface area contributed by atoms with Crippen LogP contribution in [-0.2, 0) is 6.42 Å². The maximum atomic E-state index is 6.13. The molecule has 0 amide bonds. The number of hydrogen-bond acceptors (Lipinski definition) is 0. The Kier molecular flexibility index (Phi) is 4.22. The van der Waals surface area contributed by atoms with Crippen LogP contribution in [0.1, 0.15) is 11.1 Å². The summed E-state index contributed by atoms with van der Waals surface area (Å²) in [6.45, 7) is 0. The molecule has 0 spiro atoms. The van der Waals surface area contributed by atoms with E-state index in [0.29, 0.717) is 26.5 Å². The summed E-state index contributed by atoms with van der Waals surface area (Å²) in [4.78, 5) is 0. The van der Waals surface area contributed by atoms with Crippen LogP contribution in [-0.4, -0.2) is 0 Å². The average molecular weight is 306 g/mol. The van der Waals surface area contributed by atoms with Crippen molar-refractivity contribution >= 4 is 46.4 Å². The van der Waals surface area contributed by atoms with E-state index in [4.69, 9.17) is 46.4 Å². The lowest BCUT2D eigenvalue weighted by Gasteiger charge is -2.07. The Bertz CT molecular complexity index is 549. The van der Waals surface area contributed by atoms with Gasteiger partial charge in [0.2, 0.25) is 0 Å². The van der Waals surface area contributed by atoms with Gasteiger partial charge in [-0.2, -0.15) is 0 Å². The van der Waals surface area contributed by atoms with Crippen molar-refractivity contribution in [1.82, 2.24) is 0 Å². The first-order valence-corrected chi connectivity index (χ1v) is 6.46. The molecule has 2 aromatic rings. The van der Waals surface area contributed by atoms with E-state index in [1.165, 1.54) is 0 Å². The van der Waals surface area contributed by atoms with E-state index in [9.17, 15) is 0 Å². The molecule has 0 aliphatic heterocycles. The zero-order chi connectivity index (χ0) is 12.4. The van der Waals surface area contributed by atoms with Crippen molar-refractivity contribution in [2.24, 2.45) is 0 Å². The van der Waals surface area contributed by atoms with Gasteiger partial charge in [0.15, 0.2) is 0 Å². The van der Waals surface area contributed by atoms with Crippen molar-refractivity contribution in [3.63, 3.8) is 0 Å². The molecule has 0 heterocycles. The van der Waals surface area contributed by atoms with Gasteiger partial charge in [-0.1, -0.05) is 64.6 Å². The van der Waals surface area contributed by atoms with Crippen LogP contribution in [0.3, 0.4) is 0 Å². The van der Waals surface area contributed by atoms with Gasteiger partial charge in [-0.25, -0.2) is 0 Å². The largest absolute Gasteiger partial charge is 0.0843 e. The first-order valence-electron chi connectivity index (χ1n) is 4.95. The normalized spacial score (nSPS) is 10.6. The highest BCUT2D eigenvalue weighted by atomic mass is 35.5. The third-order valence-corrected chi connectivity index (χ3v) is 3.87. The number of halogens is 4. The van der Waals surface area contributed by atoms with Crippen LogP contribution in [0.15, 0.2) is 36.4 Å². The minimum atomic E-state index is 0.550. The van der Waals surface area contributed by atoms with Gasteiger partial charge in [-0.3, -0.25) is 0 Å². The molecule has 0 bridgehead atoms. The zero-order valence-corrected chi connectivity index (χ0v) is 11.7. The van der Waals surface area contributed by atoms with E-state index < -0.39 is 0 Å². The van der Waals surface area contributed by atoms with E-state index in [1.54, 1.807) is 18.2 Å². The molecule has 88 valence electrons. The first-order chi connectivity index (χ1) is 8.08. The standard InChI is InChI=1S/C13H8Cl4/c14-10-5-4-8(12(16)7-10)6-9-2-1-3-11(15)13(9)17/h1-5,7H,6H2. The van der Waals surface area contributed by atoms with E-state index in [2.05, 4.69) is 0 Å². The van der Waals surface area contributed by atoms with E-state index in [0.717, 1.165) is 11.1 Å². The van der Waals surface area contributed by atoms with Crippen LogP contribution in [0.2, 0.25) is 20.1 Å². The summed E-state index contributed by atoms with van der Waals surface area (Å²) >= 11 is 24.0. The van der Waals surface area contributed by atoms with Crippen LogP contribution in [0.5, 0.6) is 0 Å². The van der Waals surface area contributed by atoms with Crippen molar-refractivity contribution in [2.75, 3.05) is 0 Å². The van der Waals surface area contributed by atoms with Gasteiger partial charge in [0.1, 0.15) is 0 Å². The van der Waals surface area contributed by atoms with Crippen LogP contribution < -0.4 is 0 Å². The van der Waals surface area contributed by atoms with Gasteiger partial charge >= 0.3 is 0 Å². The smallest absolute Gasteiger partial charge is 0.0627 e. The van der Waals surface area contributed by atoms with Crippen molar-refractivity contribution in [3.8, 4) is 0 Å². The maximum absolute atomic E-state index is 6.13. The Morgan fingerprint density at radius 3 is 2.24 bits per heavy atom. The van der Waals surface area contributed by atoms with Crippen LogP contribution in [0.4, 0.5) is 0 Å². The van der Waals surface area contributed by atoms with Gasteiger partial charge < -0.3 is 0 Å². The lowest BCUT2D eigenvalue weighted by atomic mass is 10.1. The first kappa shape index (κ1) is 13.0. The average Bonchev–Trinajstić information content (AvgIpc) is 2.28. The van der Waals surface area contributed by atoms with Gasteiger partial charge in [0, 0.05) is 16.5 Å². The molecule has 2 rings (SSSR count). The SMILES string of the molecule is Clc1ccc(Cc2cccc(Cl)c2Cl)c(Cl)c1. The second-order valence-corrected chi connectivity index (χ2v) is 5.25. The van der Waals surface area contributed by atoms with E-state index >= 15 is 0 Å². The Morgan fingerprint density at radius 2 is 1.53 bits per heavy atom. The minimum Gasteiger partial charge on any atom is -0.0843 e. The molecule has 0 atom stereocenters. The highest BCUT2D eigenvalue weighted by molar-refractivity contribution is 6.42. The summed E-state index contributed by atoms with van der Waals surface area (Å²) in [7, 11) is 0. The summed E-state index contributed by atoms with van der Waals surface area (Å²) in [5, 5.41) is 2.37. The third-order valence-electron chi connectivity index (χ3n) is 2.43. The molecular formula is C13H8Cl4. The molecule has 0 aromatic heterocycles. The third kappa shape index (κ3) is 3.08. The summed E-state index contributed by atoms with van der Waals surface area (Å²) in [5.41, 5.74) is 1.92. The van der Waals surface area contributed by atoms with Crippen molar-refractivity contribution < 1.29 is 0 Å². The van der Waals surface area contributed by atoms with E-state index in [1.807, 2.05) is 18.2 Å². The molecule has 4 heteroatoms. The van der Waals surface area contributed by atoms with Crippen LogP contribution in [0.25, 0.3) is 0 Å². The van der Waals surface area contributed by atoms with Crippen molar-refractivity contribution in [3.05, 3.63) is 67.6 Å². The zero-order valence-electron chi connectivity index (χ0n) is 8.68. The van der Waals surface area contributed by atoms with Gasteiger partial charge in [0.25, 0.3) is 0 Å². The Morgan fingerprint density at radius 1 is 0.765 bits per heavy atom.